The average molecular weight is 657 g/mol. The molecule has 0 radical (unpaired) electrons. The number of para-hydroxylation sites is 3. The molecule has 2 aliphatic heterocycles. The van der Waals surface area contributed by atoms with Crippen molar-refractivity contribution in [1.82, 2.24) is 9.97 Å². The molecular weight excluding hydrogens is 625 g/mol. The van der Waals surface area contributed by atoms with E-state index in [1.165, 1.54) is 33.6 Å². The van der Waals surface area contributed by atoms with E-state index in [1.807, 2.05) is 18.2 Å². The third-order valence-corrected chi connectivity index (χ3v) is 10.7. The lowest BCUT2D eigenvalue weighted by atomic mass is 9.60. The Bertz CT molecular complexity index is 2520. The Hall–Kier alpha value is -6.51. The number of nitriles is 1. The lowest BCUT2D eigenvalue weighted by Gasteiger charge is -2.50. The standard InChI is InChI=1S/C46H32N4O/c47-29-30-22-27-34-39(28-30)48-45(32-12-2-1-3-13-32)49-44(34)31-23-25-33(26-24-31)50-40-18-8-4-14-35(40)46(36-15-5-9-19-41(36)50)37-16-6-10-20-42(37)51-43-21-11-7-17-38(43)46/h1-8,10-12,14-18,20-28,32H,9,13,19H2. The second-order valence-corrected chi connectivity index (χ2v) is 13.5. The molecule has 0 fully saturated rings. The number of rotatable bonds is 3. The molecule has 5 nitrogen and oxygen atoms in total. The molecule has 5 heteroatoms. The van der Waals surface area contributed by atoms with E-state index in [1.54, 1.807) is 0 Å². The monoisotopic (exact) mass is 656 g/mol. The number of allylic oxidation sites excluding steroid dienone is 8. The van der Waals surface area contributed by atoms with Gasteiger partial charge in [-0.25, -0.2) is 9.97 Å². The van der Waals surface area contributed by atoms with E-state index in [4.69, 9.17) is 14.7 Å². The molecule has 3 heterocycles. The maximum absolute atomic E-state index is 9.65. The summed E-state index contributed by atoms with van der Waals surface area (Å²) in [5, 5.41) is 10.6. The highest BCUT2D eigenvalue weighted by atomic mass is 16.5. The van der Waals surface area contributed by atoms with Crippen LogP contribution in [-0.4, -0.2) is 9.97 Å². The van der Waals surface area contributed by atoms with Crippen LogP contribution in [0.15, 0.2) is 163 Å². The highest BCUT2D eigenvalue weighted by Gasteiger charge is 2.51. The minimum Gasteiger partial charge on any atom is -0.457 e. The molecule has 2 aliphatic carbocycles. The van der Waals surface area contributed by atoms with Crippen LogP contribution in [0, 0.1) is 11.3 Å². The SMILES string of the molecule is N#Cc1ccc2c(-c3ccc(N4C5=C(C=CCC5)C5(c6ccccc6Oc6ccccc65)c5ccccc54)cc3)nc(C3C=CC=CC3)nc2c1. The highest BCUT2D eigenvalue weighted by molar-refractivity contribution is 5.94. The van der Waals surface area contributed by atoms with Gasteiger partial charge in [0.2, 0.25) is 0 Å². The number of anilines is 2. The molecule has 4 aliphatic rings. The Labute approximate surface area is 296 Å². The van der Waals surface area contributed by atoms with Gasteiger partial charge in [0.25, 0.3) is 0 Å². The molecule has 1 spiro atoms. The average Bonchev–Trinajstić information content (AvgIpc) is 3.20. The Morgan fingerprint density at radius 1 is 0.765 bits per heavy atom. The van der Waals surface area contributed by atoms with Crippen molar-refractivity contribution < 1.29 is 4.74 Å². The summed E-state index contributed by atoms with van der Waals surface area (Å²) in [6, 6.07) is 42.7. The summed E-state index contributed by atoms with van der Waals surface area (Å²) in [7, 11) is 0. The van der Waals surface area contributed by atoms with E-state index in [9.17, 15) is 5.26 Å². The van der Waals surface area contributed by atoms with E-state index >= 15 is 0 Å². The highest BCUT2D eigenvalue weighted by Crippen LogP contribution is 2.62. The summed E-state index contributed by atoms with van der Waals surface area (Å²) >= 11 is 0. The molecule has 6 aromatic rings. The van der Waals surface area contributed by atoms with Gasteiger partial charge in [0, 0.05) is 39.4 Å². The Balaban J connectivity index is 1.15. The number of nitrogens with zero attached hydrogens (tertiary/aromatic N) is 4. The molecule has 1 aromatic heterocycles. The first-order valence-electron chi connectivity index (χ1n) is 17.6. The van der Waals surface area contributed by atoms with Crippen molar-refractivity contribution in [3.05, 3.63) is 191 Å². The fraction of sp³-hybridized carbons (Fsp3) is 0.109. The van der Waals surface area contributed by atoms with Crippen LogP contribution in [0.4, 0.5) is 11.4 Å². The Kier molecular flexibility index (Phi) is 6.65. The molecule has 0 saturated heterocycles. The zero-order valence-electron chi connectivity index (χ0n) is 27.8. The second kappa shape index (κ2) is 11.5. The zero-order valence-corrected chi connectivity index (χ0v) is 27.8. The number of hydrogen-bond acceptors (Lipinski definition) is 5. The van der Waals surface area contributed by atoms with Gasteiger partial charge in [-0.15, -0.1) is 0 Å². The van der Waals surface area contributed by atoms with Gasteiger partial charge in [-0.2, -0.15) is 5.26 Å². The molecular formula is C46H32N4O. The van der Waals surface area contributed by atoms with Crippen molar-refractivity contribution >= 4 is 22.3 Å². The number of aromatic nitrogens is 2. The molecule has 10 rings (SSSR count). The summed E-state index contributed by atoms with van der Waals surface area (Å²) in [5.41, 5.74) is 11.2. The topological polar surface area (TPSA) is 62.0 Å². The maximum atomic E-state index is 9.65. The first kappa shape index (κ1) is 29.4. The zero-order chi connectivity index (χ0) is 33.9. The van der Waals surface area contributed by atoms with E-state index in [0.717, 1.165) is 64.4 Å². The summed E-state index contributed by atoms with van der Waals surface area (Å²) in [6.07, 6.45) is 15.8. The lowest BCUT2D eigenvalue weighted by molar-refractivity contribution is 0.432. The Morgan fingerprint density at radius 2 is 1.51 bits per heavy atom. The summed E-state index contributed by atoms with van der Waals surface area (Å²) in [4.78, 5) is 12.6. The molecule has 5 aromatic carbocycles. The van der Waals surface area contributed by atoms with Crippen molar-refractivity contribution in [3.8, 4) is 28.8 Å². The second-order valence-electron chi connectivity index (χ2n) is 13.5. The first-order valence-corrected chi connectivity index (χ1v) is 17.6. The van der Waals surface area contributed by atoms with Crippen LogP contribution < -0.4 is 9.64 Å². The summed E-state index contributed by atoms with van der Waals surface area (Å²) in [6.45, 7) is 0. The summed E-state index contributed by atoms with van der Waals surface area (Å²) in [5.74, 6) is 2.65. The predicted octanol–water partition coefficient (Wildman–Crippen LogP) is 11.0. The Morgan fingerprint density at radius 3 is 2.25 bits per heavy atom. The number of benzene rings is 5. The van der Waals surface area contributed by atoms with Gasteiger partial charge in [0.1, 0.15) is 17.3 Å². The van der Waals surface area contributed by atoms with Gasteiger partial charge in [0.15, 0.2) is 0 Å². The molecule has 1 unspecified atom stereocenters. The van der Waals surface area contributed by atoms with Crippen molar-refractivity contribution in [3.63, 3.8) is 0 Å². The molecule has 242 valence electrons. The van der Waals surface area contributed by atoms with Crippen LogP contribution in [0.2, 0.25) is 0 Å². The van der Waals surface area contributed by atoms with Crippen molar-refractivity contribution in [1.29, 1.82) is 5.26 Å². The minimum absolute atomic E-state index is 0.0884. The van der Waals surface area contributed by atoms with E-state index in [-0.39, 0.29) is 5.92 Å². The predicted molar refractivity (Wildman–Crippen MR) is 202 cm³/mol. The van der Waals surface area contributed by atoms with Gasteiger partial charge in [-0.05, 0) is 78.9 Å². The third kappa shape index (κ3) is 4.40. The van der Waals surface area contributed by atoms with Gasteiger partial charge in [-0.3, -0.25) is 0 Å². The number of ether oxygens (including phenoxy) is 1. The van der Waals surface area contributed by atoms with Crippen LogP contribution in [0.1, 0.15) is 53.3 Å². The number of fused-ring (bicyclic) bond motifs is 8. The van der Waals surface area contributed by atoms with E-state index in [0.29, 0.717) is 5.56 Å². The third-order valence-electron chi connectivity index (χ3n) is 10.7. The maximum Gasteiger partial charge on any atom is 0.136 e. The molecule has 0 amide bonds. The van der Waals surface area contributed by atoms with Crippen LogP contribution in [-0.2, 0) is 5.41 Å². The van der Waals surface area contributed by atoms with Crippen molar-refractivity contribution in [2.24, 2.45) is 0 Å². The van der Waals surface area contributed by atoms with Crippen LogP contribution in [0.5, 0.6) is 11.5 Å². The normalized spacial score (nSPS) is 17.7. The van der Waals surface area contributed by atoms with Crippen molar-refractivity contribution in [2.75, 3.05) is 4.90 Å². The van der Waals surface area contributed by atoms with Gasteiger partial charge in [-0.1, -0.05) is 103 Å². The number of hydrogen-bond donors (Lipinski definition) is 0. The van der Waals surface area contributed by atoms with Crippen LogP contribution >= 0.6 is 0 Å². The largest absolute Gasteiger partial charge is 0.457 e. The molecule has 0 bridgehead atoms. The fourth-order valence-electron chi connectivity index (χ4n) is 8.52. The molecule has 1 atom stereocenters. The lowest BCUT2D eigenvalue weighted by Crippen LogP contribution is -2.42. The van der Waals surface area contributed by atoms with Gasteiger partial charge >= 0.3 is 0 Å². The quantitative estimate of drug-likeness (QED) is 0.190. The van der Waals surface area contributed by atoms with Gasteiger partial charge in [0.05, 0.1) is 33.9 Å². The first-order chi connectivity index (χ1) is 25.2. The van der Waals surface area contributed by atoms with Crippen LogP contribution in [0.3, 0.4) is 0 Å². The minimum atomic E-state index is -0.522. The molecule has 0 saturated carbocycles. The van der Waals surface area contributed by atoms with E-state index in [2.05, 4.69) is 144 Å². The summed E-state index contributed by atoms with van der Waals surface area (Å²) < 4.78 is 6.56. The molecule has 51 heavy (non-hydrogen) atoms. The van der Waals surface area contributed by atoms with Gasteiger partial charge < -0.3 is 9.64 Å². The molecule has 0 N–H and O–H groups in total. The van der Waals surface area contributed by atoms with E-state index < -0.39 is 5.41 Å². The fourth-order valence-corrected chi connectivity index (χ4v) is 8.52. The van der Waals surface area contributed by atoms with Crippen molar-refractivity contribution in [2.45, 2.75) is 30.6 Å². The van der Waals surface area contributed by atoms with Crippen LogP contribution in [0.25, 0.3) is 22.2 Å². The smallest absolute Gasteiger partial charge is 0.136 e.